The van der Waals surface area contributed by atoms with E-state index in [0.717, 1.165) is 34.4 Å². The Hall–Kier alpha value is -4.02. The van der Waals surface area contributed by atoms with Gasteiger partial charge in [0, 0.05) is 18.5 Å². The molecular formula is C25H24FN3O6. The van der Waals surface area contributed by atoms with E-state index < -0.39 is 40.4 Å². The number of carbonyl (C=O) groups excluding carboxylic acids is 1. The van der Waals surface area contributed by atoms with Gasteiger partial charge in [0.05, 0.1) is 11.0 Å². The number of amides is 1. The van der Waals surface area contributed by atoms with Crippen LogP contribution in [0.25, 0.3) is 11.1 Å². The Labute approximate surface area is 200 Å². The molecule has 0 bridgehead atoms. The Morgan fingerprint density at radius 2 is 1.71 bits per heavy atom. The number of benzene rings is 3. The molecule has 0 saturated carbocycles. The summed E-state index contributed by atoms with van der Waals surface area (Å²) in [5, 5.41) is 34.0. The average molecular weight is 481 g/mol. The van der Waals surface area contributed by atoms with Crippen molar-refractivity contribution < 1.29 is 29.1 Å². The van der Waals surface area contributed by atoms with E-state index in [0.29, 0.717) is 0 Å². The number of hydrogen-bond acceptors (Lipinski definition) is 7. The van der Waals surface area contributed by atoms with Crippen LogP contribution in [-0.4, -0.2) is 40.5 Å². The van der Waals surface area contributed by atoms with Crippen LogP contribution in [0, 0.1) is 15.9 Å². The van der Waals surface area contributed by atoms with Crippen LogP contribution in [0.2, 0.25) is 0 Å². The number of anilines is 1. The number of aliphatic hydroxyl groups is 2. The average Bonchev–Trinajstić information content (AvgIpc) is 3.17. The molecule has 182 valence electrons. The zero-order chi connectivity index (χ0) is 25.1. The van der Waals surface area contributed by atoms with Crippen LogP contribution in [0.15, 0.2) is 60.7 Å². The van der Waals surface area contributed by atoms with E-state index in [2.05, 4.69) is 5.32 Å². The Bertz CT molecular complexity index is 1220. The molecular weight excluding hydrogens is 457 g/mol. The molecule has 3 aromatic rings. The Morgan fingerprint density at radius 1 is 1.11 bits per heavy atom. The zero-order valence-electron chi connectivity index (χ0n) is 18.6. The first kappa shape index (κ1) is 24.1. The summed E-state index contributed by atoms with van der Waals surface area (Å²) in [6.45, 7) is 0.0773. The van der Waals surface area contributed by atoms with Gasteiger partial charge in [-0.3, -0.25) is 10.1 Å². The van der Waals surface area contributed by atoms with Gasteiger partial charge >= 0.3 is 6.09 Å². The van der Waals surface area contributed by atoms with Crippen LogP contribution >= 0.6 is 0 Å². The summed E-state index contributed by atoms with van der Waals surface area (Å²) in [5.41, 5.74) is 8.15. The van der Waals surface area contributed by atoms with Crippen molar-refractivity contribution in [2.45, 2.75) is 24.5 Å². The van der Waals surface area contributed by atoms with E-state index in [1.165, 1.54) is 0 Å². The van der Waals surface area contributed by atoms with Gasteiger partial charge in [-0.2, -0.15) is 0 Å². The fourth-order valence-corrected chi connectivity index (χ4v) is 4.30. The maximum atomic E-state index is 13.9. The summed E-state index contributed by atoms with van der Waals surface area (Å²) in [7, 11) is 0. The molecule has 9 nitrogen and oxygen atoms in total. The van der Waals surface area contributed by atoms with Crippen molar-refractivity contribution in [2.75, 3.05) is 18.9 Å². The first-order valence-corrected chi connectivity index (χ1v) is 11.0. The van der Waals surface area contributed by atoms with Crippen LogP contribution in [0.3, 0.4) is 0 Å². The summed E-state index contributed by atoms with van der Waals surface area (Å²) in [6.07, 6.45) is -3.84. The summed E-state index contributed by atoms with van der Waals surface area (Å²) in [4.78, 5) is 22.4. The van der Waals surface area contributed by atoms with Crippen molar-refractivity contribution in [2.24, 2.45) is 0 Å². The Morgan fingerprint density at radius 3 is 2.31 bits per heavy atom. The predicted molar refractivity (Wildman–Crippen MR) is 126 cm³/mol. The van der Waals surface area contributed by atoms with Crippen molar-refractivity contribution in [1.29, 1.82) is 0 Å². The van der Waals surface area contributed by atoms with Gasteiger partial charge in [0.15, 0.2) is 5.82 Å². The number of nitrogen functional groups attached to an aromatic ring is 1. The van der Waals surface area contributed by atoms with Gasteiger partial charge in [0.25, 0.3) is 5.69 Å². The van der Waals surface area contributed by atoms with Crippen LogP contribution in [0.4, 0.5) is 20.6 Å². The third-order valence-electron chi connectivity index (χ3n) is 6.09. The van der Waals surface area contributed by atoms with E-state index in [4.69, 9.17) is 10.5 Å². The molecule has 1 aliphatic rings. The normalized spacial score (nSPS) is 14.0. The number of rotatable bonds is 8. The second-order valence-corrected chi connectivity index (χ2v) is 8.25. The fourth-order valence-electron chi connectivity index (χ4n) is 4.30. The topological polar surface area (TPSA) is 148 Å². The van der Waals surface area contributed by atoms with Crippen LogP contribution < -0.4 is 11.1 Å². The molecule has 10 heteroatoms. The highest BCUT2D eigenvalue weighted by Gasteiger charge is 2.29. The minimum absolute atomic E-state index is 0.0472. The minimum atomic E-state index is -1.62. The first-order valence-electron chi connectivity index (χ1n) is 11.0. The van der Waals surface area contributed by atoms with Crippen LogP contribution in [-0.2, 0) is 4.74 Å². The fraction of sp³-hybridized carbons (Fsp3) is 0.240. The summed E-state index contributed by atoms with van der Waals surface area (Å²) in [5.74, 6) is -1.17. The lowest BCUT2D eigenvalue weighted by Gasteiger charge is -2.19. The maximum absolute atomic E-state index is 13.9. The molecule has 35 heavy (non-hydrogen) atoms. The number of fused-ring (bicyclic) bond motifs is 3. The molecule has 0 heterocycles. The molecule has 0 aliphatic heterocycles. The molecule has 3 aromatic carbocycles. The van der Waals surface area contributed by atoms with Gasteiger partial charge in [-0.05, 0) is 40.3 Å². The molecule has 5 N–H and O–H groups in total. The zero-order valence-corrected chi connectivity index (χ0v) is 18.6. The Kier molecular flexibility index (Phi) is 6.94. The second kappa shape index (κ2) is 10.1. The third-order valence-corrected chi connectivity index (χ3v) is 6.09. The lowest BCUT2D eigenvalue weighted by atomic mass is 9.98. The third kappa shape index (κ3) is 4.93. The van der Waals surface area contributed by atoms with E-state index in [9.17, 15) is 29.5 Å². The summed E-state index contributed by atoms with van der Waals surface area (Å²) < 4.78 is 19.3. The molecule has 0 fully saturated rings. The number of halogens is 1. The van der Waals surface area contributed by atoms with Crippen molar-refractivity contribution >= 4 is 17.5 Å². The van der Waals surface area contributed by atoms with Gasteiger partial charge < -0.3 is 26.0 Å². The number of hydrogen-bond donors (Lipinski definition) is 4. The van der Waals surface area contributed by atoms with E-state index in [1.54, 1.807) is 0 Å². The Balaban J connectivity index is 1.31. The highest BCUT2D eigenvalue weighted by Crippen LogP contribution is 2.44. The number of nitrogens with zero attached hydrogens (tertiary/aromatic N) is 1. The van der Waals surface area contributed by atoms with Crippen molar-refractivity contribution in [3.63, 3.8) is 0 Å². The molecule has 4 rings (SSSR count). The highest BCUT2D eigenvalue weighted by molar-refractivity contribution is 5.79. The first-order chi connectivity index (χ1) is 16.8. The van der Waals surface area contributed by atoms with Crippen molar-refractivity contribution in [3.05, 3.63) is 93.3 Å². The number of aliphatic hydroxyl groups excluding tert-OH is 2. The van der Waals surface area contributed by atoms with Gasteiger partial charge in [-0.15, -0.1) is 0 Å². The highest BCUT2D eigenvalue weighted by atomic mass is 19.1. The molecule has 2 unspecified atom stereocenters. The van der Waals surface area contributed by atoms with Crippen molar-refractivity contribution in [3.8, 4) is 11.1 Å². The summed E-state index contributed by atoms with van der Waals surface area (Å²) >= 11 is 0. The van der Waals surface area contributed by atoms with Gasteiger partial charge in [0.2, 0.25) is 0 Å². The second-order valence-electron chi connectivity index (χ2n) is 8.25. The smallest absolute Gasteiger partial charge is 0.407 e. The van der Waals surface area contributed by atoms with Gasteiger partial charge in [0.1, 0.15) is 18.4 Å². The number of carbonyl (C=O) groups is 1. The monoisotopic (exact) mass is 481 g/mol. The van der Waals surface area contributed by atoms with E-state index in [-0.39, 0.29) is 31.1 Å². The lowest BCUT2D eigenvalue weighted by molar-refractivity contribution is -0.384. The lowest BCUT2D eigenvalue weighted by Crippen LogP contribution is -2.30. The van der Waals surface area contributed by atoms with Crippen LogP contribution in [0.1, 0.15) is 35.1 Å². The van der Waals surface area contributed by atoms with Crippen molar-refractivity contribution in [1.82, 2.24) is 5.32 Å². The van der Waals surface area contributed by atoms with Gasteiger partial charge in [-0.25, -0.2) is 9.18 Å². The molecule has 0 saturated heterocycles. The molecule has 0 radical (unpaired) electrons. The number of nitro groups is 1. The SMILES string of the molecule is Nc1c(F)cc(C(O)C(O)CCNC(=O)OCC2c3ccccc3-c3ccccc32)cc1[N+](=O)[O-]. The molecule has 2 atom stereocenters. The number of alkyl carbamates (subject to hydrolysis) is 1. The number of nitro benzene ring substituents is 1. The van der Waals surface area contributed by atoms with Gasteiger partial charge in [-0.1, -0.05) is 48.5 Å². The number of nitrogens with one attached hydrogen (secondary N) is 1. The van der Waals surface area contributed by atoms with E-state index >= 15 is 0 Å². The molecule has 1 aliphatic carbocycles. The molecule has 0 spiro atoms. The maximum Gasteiger partial charge on any atom is 0.407 e. The number of nitrogens with two attached hydrogens (primary N) is 1. The molecule has 0 aromatic heterocycles. The molecule has 1 amide bonds. The van der Waals surface area contributed by atoms with E-state index in [1.807, 2.05) is 48.5 Å². The standard InChI is InChI=1S/C25H24FN3O6/c26-20-11-14(12-21(23(20)27)29(33)34)24(31)22(30)9-10-28-25(32)35-13-19-17-7-3-1-5-15(17)16-6-2-4-8-18(16)19/h1-8,11-12,19,22,24,30-31H,9-10,13,27H2,(H,28,32). The quantitative estimate of drug-likeness (QED) is 0.218. The minimum Gasteiger partial charge on any atom is -0.449 e. The predicted octanol–water partition coefficient (Wildman–Crippen LogP) is 3.64. The largest absolute Gasteiger partial charge is 0.449 e. The number of ether oxygens (including phenoxy) is 1. The van der Waals surface area contributed by atoms with Crippen LogP contribution in [0.5, 0.6) is 0 Å². The summed E-state index contributed by atoms with van der Waals surface area (Å²) in [6, 6.07) is 17.6.